The van der Waals surface area contributed by atoms with Crippen molar-refractivity contribution in [1.29, 1.82) is 0 Å². The summed E-state index contributed by atoms with van der Waals surface area (Å²) in [5.74, 6) is -0.256. The summed E-state index contributed by atoms with van der Waals surface area (Å²) < 4.78 is 7.48. The molecule has 0 atom stereocenters. The summed E-state index contributed by atoms with van der Waals surface area (Å²) in [6.07, 6.45) is 2.06. The van der Waals surface area contributed by atoms with Gasteiger partial charge in [0.25, 0.3) is 0 Å². The Kier molecular flexibility index (Phi) is 9.32. The lowest BCUT2D eigenvalue weighted by atomic mass is 10.1. The summed E-state index contributed by atoms with van der Waals surface area (Å²) in [5.41, 5.74) is 7.09. The lowest BCUT2D eigenvalue weighted by molar-refractivity contribution is -0.577. The molecule has 1 aromatic heterocycles. The number of hydrogen-bond donors (Lipinski definition) is 2. The Morgan fingerprint density at radius 3 is 2.17 bits per heavy atom. The zero-order chi connectivity index (χ0) is 26.1. The molecule has 2 aromatic carbocycles. The highest BCUT2D eigenvalue weighted by Gasteiger charge is 2.34. The van der Waals surface area contributed by atoms with Crippen LogP contribution in [0.25, 0.3) is 5.70 Å². The number of aliphatic hydroxyl groups excluding tert-OH is 2. The number of carboxylic acid groups (broad SMARTS) is 1. The fourth-order valence-corrected chi connectivity index (χ4v) is 4.04. The van der Waals surface area contributed by atoms with Gasteiger partial charge >= 0.3 is 0 Å². The number of aliphatic carboxylic acids is 1. The van der Waals surface area contributed by atoms with Crippen LogP contribution in [0, 0.1) is 0 Å². The Morgan fingerprint density at radius 1 is 1.00 bits per heavy atom. The van der Waals surface area contributed by atoms with Crippen molar-refractivity contribution in [2.75, 3.05) is 38.3 Å². The van der Waals surface area contributed by atoms with E-state index in [2.05, 4.69) is 35.9 Å². The lowest BCUT2D eigenvalue weighted by Gasteiger charge is -2.22. The van der Waals surface area contributed by atoms with E-state index in [4.69, 9.17) is 19.6 Å². The van der Waals surface area contributed by atoms with Crippen LogP contribution in [0.3, 0.4) is 0 Å². The molecule has 0 radical (unpaired) electrons. The van der Waals surface area contributed by atoms with E-state index < -0.39 is 5.97 Å². The smallest absolute Gasteiger partial charge is 0.237 e. The van der Waals surface area contributed by atoms with Crippen molar-refractivity contribution in [2.45, 2.75) is 13.8 Å². The summed E-state index contributed by atoms with van der Waals surface area (Å²) in [5, 5.41) is 27.4. The number of carboxylic acids is 1. The molecule has 0 aliphatic carbocycles. The number of aliphatic hydroxyl groups is 2. The number of benzene rings is 2. The van der Waals surface area contributed by atoms with Crippen LogP contribution in [0.15, 0.2) is 83.5 Å². The second-order valence-electron chi connectivity index (χ2n) is 8.06. The van der Waals surface area contributed by atoms with Gasteiger partial charge in [-0.25, -0.2) is 4.99 Å². The third kappa shape index (κ3) is 6.35. The van der Waals surface area contributed by atoms with E-state index in [0.29, 0.717) is 13.1 Å². The van der Waals surface area contributed by atoms with Gasteiger partial charge in [0.05, 0.1) is 31.6 Å². The topological polar surface area (TPSA) is 109 Å². The zero-order valence-corrected chi connectivity index (χ0v) is 20.7. The fourth-order valence-electron chi connectivity index (χ4n) is 4.04. The van der Waals surface area contributed by atoms with Crippen LogP contribution in [-0.2, 0) is 4.79 Å². The van der Waals surface area contributed by atoms with Crippen LogP contribution in [0.1, 0.15) is 25.1 Å². The number of anilines is 1. The second kappa shape index (κ2) is 12.6. The maximum atomic E-state index is 9.28. The van der Waals surface area contributed by atoms with E-state index >= 15 is 0 Å². The van der Waals surface area contributed by atoms with E-state index in [-0.39, 0.29) is 13.2 Å². The number of carbonyl (C=O) groups excluding carboxylic acids is 1. The second-order valence-corrected chi connectivity index (χ2v) is 8.06. The monoisotopic (exact) mass is 489 g/mol. The molecule has 2 N–H and O–H groups in total. The van der Waals surface area contributed by atoms with Crippen molar-refractivity contribution in [3.05, 3.63) is 89.8 Å². The number of rotatable bonds is 8. The van der Waals surface area contributed by atoms with Crippen LogP contribution in [-0.4, -0.2) is 55.3 Å². The summed E-state index contributed by atoms with van der Waals surface area (Å²) in [6.45, 7) is 4.10. The molecule has 0 spiro atoms. The molecule has 0 amide bonds. The molecule has 4 rings (SSSR count). The number of carbonyl (C=O) groups is 1. The number of fused-ring (bicyclic) bond motifs is 1. The third-order valence-electron chi connectivity index (χ3n) is 5.61. The molecule has 3 aromatic rings. The minimum Gasteiger partial charge on any atom is -0.550 e. The van der Waals surface area contributed by atoms with Crippen LogP contribution in [0.2, 0.25) is 0 Å². The average molecular weight is 490 g/mol. The van der Waals surface area contributed by atoms with Gasteiger partial charge in [-0.2, -0.15) is 4.57 Å². The first-order valence-electron chi connectivity index (χ1n) is 11.6. The molecule has 0 saturated carbocycles. The Hall–Kier alpha value is -4.01. The molecule has 188 valence electrons. The minimum absolute atomic E-state index is 0.0379. The Bertz CT molecular complexity index is 1220. The van der Waals surface area contributed by atoms with E-state index in [1.807, 2.05) is 53.4 Å². The number of ether oxygens (including phenoxy) is 1. The van der Waals surface area contributed by atoms with Crippen LogP contribution in [0.5, 0.6) is 5.75 Å². The van der Waals surface area contributed by atoms with Crippen LogP contribution >= 0.6 is 0 Å². The molecule has 0 fully saturated rings. The number of hydrogen-bond acceptors (Lipinski definition) is 7. The lowest BCUT2D eigenvalue weighted by Crippen LogP contribution is -2.34. The predicted octanol–water partition coefficient (Wildman–Crippen LogP) is 1.94. The standard InChI is InChI=1S/C26H28N3O3.C2H4O2/c1-19-25(27-21-8-10-22(11-9-21)28(15-17-30)16-18-31)24-5-3-4-14-29(24)26(19)20-6-12-23(32-2)13-7-20;1-2(3)4/h3-14,30-31H,15-18H2,1-2H3;1H3,(H,3,4)/q+1;/p-1. The average Bonchev–Trinajstić information content (AvgIpc) is 3.15. The molecule has 0 bridgehead atoms. The number of pyridine rings is 1. The van der Waals surface area contributed by atoms with Crippen molar-refractivity contribution in [1.82, 2.24) is 0 Å². The Balaban J connectivity index is 0.000000840. The van der Waals surface area contributed by atoms with E-state index in [9.17, 15) is 10.2 Å². The fraction of sp³-hybridized carbons (Fsp3) is 0.250. The molecule has 36 heavy (non-hydrogen) atoms. The maximum Gasteiger partial charge on any atom is 0.237 e. The number of allylic oxidation sites excluding steroid dienone is 1. The molecule has 2 heterocycles. The van der Waals surface area contributed by atoms with Gasteiger partial charge in [-0.1, -0.05) is 0 Å². The quantitative estimate of drug-likeness (QED) is 0.468. The molecule has 8 heteroatoms. The van der Waals surface area contributed by atoms with Gasteiger partial charge in [0.1, 0.15) is 11.5 Å². The van der Waals surface area contributed by atoms with Crippen molar-refractivity contribution in [3.8, 4) is 5.75 Å². The van der Waals surface area contributed by atoms with E-state index in [0.717, 1.165) is 52.3 Å². The van der Waals surface area contributed by atoms with Crippen molar-refractivity contribution in [2.24, 2.45) is 4.99 Å². The van der Waals surface area contributed by atoms with Gasteiger partial charge in [0, 0.05) is 42.4 Å². The molecule has 1 aliphatic rings. The van der Waals surface area contributed by atoms with Gasteiger partial charge in [-0.15, -0.1) is 0 Å². The Labute approximate surface area is 211 Å². The summed E-state index contributed by atoms with van der Waals surface area (Å²) in [6, 6.07) is 22.1. The van der Waals surface area contributed by atoms with Gasteiger partial charge < -0.3 is 29.8 Å². The largest absolute Gasteiger partial charge is 0.550 e. The highest BCUT2D eigenvalue weighted by Crippen LogP contribution is 2.29. The van der Waals surface area contributed by atoms with E-state index in [1.165, 1.54) is 0 Å². The van der Waals surface area contributed by atoms with Crippen molar-refractivity contribution < 1.29 is 29.4 Å². The summed E-state index contributed by atoms with van der Waals surface area (Å²) >= 11 is 0. The molecular formula is C28H31N3O5. The first-order valence-corrected chi connectivity index (χ1v) is 11.6. The first-order chi connectivity index (χ1) is 17.4. The summed E-state index contributed by atoms with van der Waals surface area (Å²) in [7, 11) is 1.67. The number of aliphatic imine (C=N–C) groups is 1. The van der Waals surface area contributed by atoms with Crippen molar-refractivity contribution in [3.63, 3.8) is 0 Å². The third-order valence-corrected chi connectivity index (χ3v) is 5.61. The molecule has 8 nitrogen and oxygen atoms in total. The molecule has 0 unspecified atom stereocenters. The predicted molar refractivity (Wildman–Crippen MR) is 137 cm³/mol. The molecule has 1 aliphatic heterocycles. The number of nitrogens with zero attached hydrogens (tertiary/aromatic N) is 3. The van der Waals surface area contributed by atoms with Gasteiger partial charge in [-0.05, 0) is 68.4 Å². The number of aromatic nitrogens is 1. The SMILES string of the molecule is CC(=O)[O-].COc1ccc(C2=C(C)C(=Nc3ccc(N(CCO)CCO)cc3)c3cccc[n+]32)cc1. The van der Waals surface area contributed by atoms with Gasteiger partial charge in [0.15, 0.2) is 6.20 Å². The highest BCUT2D eigenvalue weighted by atomic mass is 16.5. The minimum atomic E-state index is -1.08. The van der Waals surface area contributed by atoms with Gasteiger partial charge in [-0.3, -0.25) is 0 Å². The van der Waals surface area contributed by atoms with Crippen molar-refractivity contribution >= 4 is 28.8 Å². The van der Waals surface area contributed by atoms with Crippen LogP contribution < -0.4 is 19.3 Å². The van der Waals surface area contributed by atoms with Crippen LogP contribution in [0.4, 0.5) is 11.4 Å². The first kappa shape index (κ1) is 26.6. The highest BCUT2D eigenvalue weighted by molar-refractivity contribution is 6.17. The summed E-state index contributed by atoms with van der Waals surface area (Å²) in [4.78, 5) is 15.8. The van der Waals surface area contributed by atoms with Gasteiger partial charge in [0.2, 0.25) is 11.4 Å². The molecular weight excluding hydrogens is 458 g/mol. The number of methoxy groups -OCH3 is 1. The normalized spacial score (nSPS) is 13.2. The Morgan fingerprint density at radius 2 is 1.61 bits per heavy atom. The zero-order valence-electron chi connectivity index (χ0n) is 20.7. The van der Waals surface area contributed by atoms with E-state index in [1.54, 1.807) is 7.11 Å². The maximum absolute atomic E-state index is 9.28. The molecule has 0 saturated heterocycles.